The molecule has 0 radical (unpaired) electrons. The number of methoxy groups -OCH3 is 1. The minimum atomic E-state index is -0.591. The molecule has 54 heavy (non-hydrogen) atoms. The fraction of sp³-hybridized carbons (Fsp3) is 0.513. The lowest BCUT2D eigenvalue weighted by atomic mass is 10.0. The van der Waals surface area contributed by atoms with Gasteiger partial charge in [-0.15, -0.1) is 22.7 Å². The molecule has 2 aliphatic rings. The lowest BCUT2D eigenvalue weighted by molar-refractivity contribution is -0.116. The zero-order valence-electron chi connectivity index (χ0n) is 32.2. The van der Waals surface area contributed by atoms with E-state index in [9.17, 15) is 14.4 Å². The van der Waals surface area contributed by atoms with Gasteiger partial charge >= 0.3 is 12.2 Å². The Morgan fingerprint density at radius 2 is 1.56 bits per heavy atom. The number of anilines is 2. The van der Waals surface area contributed by atoms with Crippen LogP contribution in [0.3, 0.4) is 0 Å². The van der Waals surface area contributed by atoms with Crippen LogP contribution in [0.2, 0.25) is 0 Å². The van der Waals surface area contributed by atoms with Crippen LogP contribution in [0.5, 0.6) is 0 Å². The Bertz CT molecular complexity index is 1960. The maximum absolute atomic E-state index is 13.1. The standard InChI is InChI=1S/C39H51N7O6S2/c1-38(2,3)51-36(48)45-19-17-44(18-20-45)31-11-9-26(23-41-31)25-8-10-28-29(22-25)53-34(42-28)33-27-13-16-46(37(49)52-39(4,5)6)24-30(27)54-35(33)43-32(47)12-14-40-15-21-50-7/h8-11,22-23,40H,12-21,24H2,1-7H3,(H,43,47). The number of thiophene rings is 1. The van der Waals surface area contributed by atoms with E-state index in [1.165, 1.54) is 11.3 Å². The molecule has 0 spiro atoms. The van der Waals surface area contributed by atoms with Gasteiger partial charge in [-0.3, -0.25) is 4.79 Å². The topological polar surface area (TPSA) is 138 Å². The van der Waals surface area contributed by atoms with Gasteiger partial charge in [0.25, 0.3) is 0 Å². The molecule has 2 aliphatic heterocycles. The van der Waals surface area contributed by atoms with Crippen molar-refractivity contribution in [3.8, 4) is 21.7 Å². The Morgan fingerprint density at radius 3 is 2.22 bits per heavy atom. The molecule has 0 atom stereocenters. The average Bonchev–Trinajstić information content (AvgIpc) is 3.70. The molecule has 3 amide bonds. The number of hydrogen-bond donors (Lipinski definition) is 2. The first-order valence-electron chi connectivity index (χ1n) is 18.4. The number of piperazine rings is 1. The number of pyridine rings is 1. The van der Waals surface area contributed by atoms with Gasteiger partial charge in [0.2, 0.25) is 5.91 Å². The van der Waals surface area contributed by atoms with Crippen LogP contribution in [0.1, 0.15) is 58.4 Å². The first kappa shape index (κ1) is 39.4. The summed E-state index contributed by atoms with van der Waals surface area (Å²) in [7, 11) is 1.65. The normalized spacial score (nSPS) is 15.0. The first-order valence-corrected chi connectivity index (χ1v) is 20.0. The Kier molecular flexibility index (Phi) is 12.1. The zero-order chi connectivity index (χ0) is 38.6. The second kappa shape index (κ2) is 16.6. The number of fused-ring (bicyclic) bond motifs is 2. The van der Waals surface area contributed by atoms with Gasteiger partial charge < -0.3 is 39.5 Å². The molecule has 1 aromatic carbocycles. The number of nitrogens with zero attached hydrogens (tertiary/aromatic N) is 5. The van der Waals surface area contributed by atoms with Crippen LogP contribution in [0.15, 0.2) is 36.5 Å². The summed E-state index contributed by atoms with van der Waals surface area (Å²) in [5.41, 5.74) is 3.82. The van der Waals surface area contributed by atoms with Crippen LogP contribution in [-0.4, -0.2) is 109 Å². The van der Waals surface area contributed by atoms with Crippen molar-refractivity contribution in [3.05, 3.63) is 47.0 Å². The molecular formula is C39H51N7O6S2. The number of carbonyl (C=O) groups is 3. The van der Waals surface area contributed by atoms with E-state index in [0.29, 0.717) is 71.8 Å². The number of nitrogens with one attached hydrogen (secondary N) is 2. The van der Waals surface area contributed by atoms with E-state index in [4.69, 9.17) is 24.2 Å². The summed E-state index contributed by atoms with van der Waals surface area (Å²) < 4.78 is 17.3. The van der Waals surface area contributed by atoms with Gasteiger partial charge in [0.1, 0.15) is 27.0 Å². The van der Waals surface area contributed by atoms with Gasteiger partial charge in [0.15, 0.2) is 0 Å². The molecule has 0 bridgehead atoms. The van der Waals surface area contributed by atoms with Crippen molar-refractivity contribution in [3.63, 3.8) is 0 Å². The molecular weight excluding hydrogens is 727 g/mol. The smallest absolute Gasteiger partial charge is 0.410 e. The molecule has 4 aromatic rings. The number of aromatic nitrogens is 2. The van der Waals surface area contributed by atoms with E-state index in [1.54, 1.807) is 28.2 Å². The van der Waals surface area contributed by atoms with Gasteiger partial charge in [-0.1, -0.05) is 6.07 Å². The third kappa shape index (κ3) is 9.86. The molecule has 1 saturated heterocycles. The molecule has 5 heterocycles. The highest BCUT2D eigenvalue weighted by Gasteiger charge is 2.32. The second-order valence-electron chi connectivity index (χ2n) is 15.5. The molecule has 0 saturated carbocycles. The molecule has 15 heteroatoms. The van der Waals surface area contributed by atoms with Crippen LogP contribution in [0.4, 0.5) is 20.4 Å². The monoisotopic (exact) mass is 777 g/mol. The SMILES string of the molecule is COCCNCCC(=O)Nc1sc2c(c1-c1nc3ccc(-c4ccc(N5CCN(C(=O)OC(C)(C)C)CC5)nc4)cc3s1)CCN(C(=O)OC(C)(C)C)C2. The van der Waals surface area contributed by atoms with Crippen LogP contribution < -0.4 is 15.5 Å². The Balaban J connectivity index is 1.20. The molecule has 0 unspecified atom stereocenters. The van der Waals surface area contributed by atoms with E-state index in [0.717, 1.165) is 53.2 Å². The van der Waals surface area contributed by atoms with Gasteiger partial charge in [-0.05, 0) is 83.4 Å². The Morgan fingerprint density at radius 1 is 0.852 bits per heavy atom. The van der Waals surface area contributed by atoms with Crippen molar-refractivity contribution in [2.45, 2.75) is 72.1 Å². The van der Waals surface area contributed by atoms with Crippen LogP contribution in [0, 0.1) is 0 Å². The first-order chi connectivity index (χ1) is 25.7. The van der Waals surface area contributed by atoms with E-state index in [2.05, 4.69) is 33.7 Å². The molecule has 13 nitrogen and oxygen atoms in total. The third-order valence-electron chi connectivity index (χ3n) is 8.91. The number of amides is 3. The van der Waals surface area contributed by atoms with Crippen molar-refractivity contribution in [2.24, 2.45) is 0 Å². The lowest BCUT2D eigenvalue weighted by Crippen LogP contribution is -2.50. The molecule has 0 aliphatic carbocycles. The highest BCUT2D eigenvalue weighted by atomic mass is 32.1. The second-order valence-corrected chi connectivity index (χ2v) is 17.6. The average molecular weight is 778 g/mol. The van der Waals surface area contributed by atoms with E-state index < -0.39 is 11.2 Å². The molecule has 6 rings (SSSR count). The van der Waals surface area contributed by atoms with E-state index in [-0.39, 0.29) is 18.1 Å². The maximum atomic E-state index is 13.1. The largest absolute Gasteiger partial charge is 0.444 e. The number of carbonyl (C=O) groups excluding carboxylic acids is 3. The zero-order valence-corrected chi connectivity index (χ0v) is 33.9. The summed E-state index contributed by atoms with van der Waals surface area (Å²) in [6, 6.07) is 10.3. The van der Waals surface area contributed by atoms with Crippen LogP contribution >= 0.6 is 22.7 Å². The third-order valence-corrected chi connectivity index (χ3v) is 11.1. The summed E-state index contributed by atoms with van der Waals surface area (Å²) in [6.45, 7) is 16.5. The van der Waals surface area contributed by atoms with Gasteiger partial charge in [-0.25, -0.2) is 19.6 Å². The number of benzene rings is 1. The summed E-state index contributed by atoms with van der Waals surface area (Å²) in [5.74, 6) is 0.782. The number of hydrogen-bond acceptors (Lipinski definition) is 12. The highest BCUT2D eigenvalue weighted by Crippen LogP contribution is 2.46. The predicted molar refractivity (Wildman–Crippen MR) is 215 cm³/mol. The van der Waals surface area contributed by atoms with Crippen molar-refractivity contribution in [1.29, 1.82) is 0 Å². The molecule has 3 aromatic heterocycles. The molecule has 1 fully saturated rings. The minimum absolute atomic E-state index is 0.0898. The Labute approximate surface area is 325 Å². The van der Waals surface area contributed by atoms with Gasteiger partial charge in [0, 0.05) is 81.5 Å². The predicted octanol–water partition coefficient (Wildman–Crippen LogP) is 7.00. The quantitative estimate of drug-likeness (QED) is 0.162. The lowest BCUT2D eigenvalue weighted by Gasteiger charge is -2.36. The van der Waals surface area contributed by atoms with E-state index >= 15 is 0 Å². The minimum Gasteiger partial charge on any atom is -0.444 e. The summed E-state index contributed by atoms with van der Waals surface area (Å²) in [4.78, 5) is 55.2. The van der Waals surface area contributed by atoms with Gasteiger partial charge in [-0.2, -0.15) is 0 Å². The summed E-state index contributed by atoms with van der Waals surface area (Å²) in [6.07, 6.45) is 2.21. The van der Waals surface area contributed by atoms with Crippen LogP contribution in [-0.2, 0) is 32.0 Å². The van der Waals surface area contributed by atoms with Crippen molar-refractivity contribution >= 4 is 61.8 Å². The fourth-order valence-corrected chi connectivity index (χ4v) is 8.72. The van der Waals surface area contributed by atoms with Gasteiger partial charge in [0.05, 0.1) is 23.4 Å². The van der Waals surface area contributed by atoms with Crippen molar-refractivity contribution in [2.75, 3.05) is 69.7 Å². The molecule has 290 valence electrons. The maximum Gasteiger partial charge on any atom is 0.410 e. The number of rotatable bonds is 10. The highest BCUT2D eigenvalue weighted by molar-refractivity contribution is 7.23. The fourth-order valence-electron chi connectivity index (χ4n) is 6.29. The summed E-state index contributed by atoms with van der Waals surface area (Å²) in [5, 5.41) is 7.98. The van der Waals surface area contributed by atoms with Crippen molar-refractivity contribution in [1.82, 2.24) is 25.1 Å². The summed E-state index contributed by atoms with van der Waals surface area (Å²) >= 11 is 3.10. The van der Waals surface area contributed by atoms with Crippen molar-refractivity contribution < 1.29 is 28.6 Å². The molecule has 2 N–H and O–H groups in total. The van der Waals surface area contributed by atoms with E-state index in [1.807, 2.05) is 59.9 Å². The number of thiazole rings is 1. The number of ether oxygens (including phenoxy) is 3. The van der Waals surface area contributed by atoms with Crippen LogP contribution in [0.25, 0.3) is 31.9 Å². The Hall–Kier alpha value is -4.31.